The van der Waals surface area contributed by atoms with E-state index >= 15 is 0 Å². The van der Waals surface area contributed by atoms with Gasteiger partial charge in [0, 0.05) is 40.4 Å². The Morgan fingerprint density at radius 2 is 1.97 bits per heavy atom. The first-order valence-electron chi connectivity index (χ1n) is 10.5. The van der Waals surface area contributed by atoms with Crippen LogP contribution in [0.1, 0.15) is 23.1 Å². The van der Waals surface area contributed by atoms with Crippen LogP contribution in [0.2, 0.25) is 0 Å². The molecule has 1 aromatic carbocycles. The molecule has 0 radical (unpaired) electrons. The standard InChI is InChI=1S/C24H24N6O2S/c1-4-32-22(31)13-21-16(3)27-24(33-21)28-18-8-7-15(2)20(12-18)30-23-26-11-9-19(29-23)17-6-5-10-25-14-17/h5-12,14H,4,13H2,1-3H3,(H,27,28)(H,26,29,30). The number of rotatable bonds is 8. The molecule has 4 aromatic rings. The maximum atomic E-state index is 11.8. The van der Waals surface area contributed by atoms with Crippen molar-refractivity contribution >= 4 is 39.8 Å². The first-order chi connectivity index (χ1) is 16.0. The van der Waals surface area contributed by atoms with Gasteiger partial charge in [0.2, 0.25) is 5.95 Å². The van der Waals surface area contributed by atoms with Crippen LogP contribution >= 0.6 is 11.3 Å². The zero-order chi connectivity index (χ0) is 23.2. The van der Waals surface area contributed by atoms with Gasteiger partial charge in [0.25, 0.3) is 0 Å². The zero-order valence-corrected chi connectivity index (χ0v) is 19.4. The third-order valence-electron chi connectivity index (χ3n) is 4.85. The summed E-state index contributed by atoms with van der Waals surface area (Å²) < 4.78 is 5.05. The van der Waals surface area contributed by atoms with Crippen LogP contribution in [0.15, 0.2) is 55.0 Å². The van der Waals surface area contributed by atoms with Crippen molar-refractivity contribution in [3.05, 3.63) is 71.1 Å². The summed E-state index contributed by atoms with van der Waals surface area (Å²) in [7, 11) is 0. The van der Waals surface area contributed by atoms with Gasteiger partial charge in [-0.3, -0.25) is 9.78 Å². The number of esters is 1. The minimum Gasteiger partial charge on any atom is -0.466 e. The van der Waals surface area contributed by atoms with E-state index in [1.54, 1.807) is 25.5 Å². The summed E-state index contributed by atoms with van der Waals surface area (Å²) in [6.07, 6.45) is 5.45. The molecular formula is C24H24N6O2S. The van der Waals surface area contributed by atoms with Crippen LogP contribution in [-0.4, -0.2) is 32.5 Å². The van der Waals surface area contributed by atoms with Crippen LogP contribution in [-0.2, 0) is 16.0 Å². The number of aryl methyl sites for hydroxylation is 2. The van der Waals surface area contributed by atoms with Gasteiger partial charge < -0.3 is 15.4 Å². The molecule has 0 saturated carbocycles. The van der Waals surface area contributed by atoms with E-state index in [0.717, 1.165) is 43.9 Å². The summed E-state index contributed by atoms with van der Waals surface area (Å²) in [5.74, 6) is 0.254. The van der Waals surface area contributed by atoms with Crippen molar-refractivity contribution in [2.24, 2.45) is 0 Å². The van der Waals surface area contributed by atoms with Gasteiger partial charge in [0.15, 0.2) is 5.13 Å². The Morgan fingerprint density at radius 1 is 1.09 bits per heavy atom. The molecule has 0 saturated heterocycles. The maximum Gasteiger partial charge on any atom is 0.311 e. The Balaban J connectivity index is 1.51. The molecule has 0 amide bonds. The minimum atomic E-state index is -0.244. The molecule has 0 aliphatic heterocycles. The maximum absolute atomic E-state index is 11.8. The number of hydrogen-bond donors (Lipinski definition) is 2. The number of nitrogens with zero attached hydrogens (tertiary/aromatic N) is 4. The van der Waals surface area contributed by atoms with Crippen LogP contribution in [0, 0.1) is 13.8 Å². The van der Waals surface area contributed by atoms with E-state index in [1.165, 1.54) is 11.3 Å². The van der Waals surface area contributed by atoms with Crippen molar-refractivity contribution < 1.29 is 9.53 Å². The van der Waals surface area contributed by atoms with Crippen molar-refractivity contribution in [1.29, 1.82) is 0 Å². The van der Waals surface area contributed by atoms with Gasteiger partial charge in [0.05, 0.1) is 24.4 Å². The van der Waals surface area contributed by atoms with Gasteiger partial charge in [-0.2, -0.15) is 0 Å². The number of benzene rings is 1. The normalized spacial score (nSPS) is 10.6. The first kappa shape index (κ1) is 22.3. The monoisotopic (exact) mass is 460 g/mol. The first-order valence-corrected chi connectivity index (χ1v) is 11.3. The van der Waals surface area contributed by atoms with E-state index in [2.05, 4.69) is 30.6 Å². The lowest BCUT2D eigenvalue weighted by Crippen LogP contribution is -2.07. The van der Waals surface area contributed by atoms with Crippen molar-refractivity contribution in [3.63, 3.8) is 0 Å². The highest BCUT2D eigenvalue weighted by Gasteiger charge is 2.13. The lowest BCUT2D eigenvalue weighted by atomic mass is 10.2. The Morgan fingerprint density at radius 3 is 2.76 bits per heavy atom. The Bertz CT molecular complexity index is 1260. The summed E-state index contributed by atoms with van der Waals surface area (Å²) >= 11 is 1.45. The van der Waals surface area contributed by atoms with E-state index in [1.807, 2.05) is 50.2 Å². The summed E-state index contributed by atoms with van der Waals surface area (Å²) in [4.78, 5) is 30.4. The van der Waals surface area contributed by atoms with E-state index in [-0.39, 0.29) is 12.4 Å². The van der Waals surface area contributed by atoms with Crippen LogP contribution in [0.5, 0.6) is 0 Å². The largest absolute Gasteiger partial charge is 0.466 e. The number of carbonyl (C=O) groups is 1. The summed E-state index contributed by atoms with van der Waals surface area (Å²) in [6.45, 7) is 6.08. The van der Waals surface area contributed by atoms with Gasteiger partial charge in [-0.25, -0.2) is 15.0 Å². The van der Waals surface area contributed by atoms with Crippen molar-refractivity contribution in [1.82, 2.24) is 19.9 Å². The van der Waals surface area contributed by atoms with Gasteiger partial charge in [-0.05, 0) is 56.7 Å². The predicted octanol–water partition coefficient (Wildman–Crippen LogP) is 5.20. The molecule has 8 nitrogen and oxygen atoms in total. The number of nitrogens with one attached hydrogen (secondary N) is 2. The fraction of sp³-hybridized carbons (Fsp3) is 0.208. The average molecular weight is 461 g/mol. The quantitative estimate of drug-likeness (QED) is 0.346. The topological polar surface area (TPSA) is 102 Å². The van der Waals surface area contributed by atoms with E-state index in [9.17, 15) is 4.79 Å². The lowest BCUT2D eigenvalue weighted by Gasteiger charge is -2.11. The molecule has 0 aliphatic carbocycles. The molecule has 9 heteroatoms. The Kier molecular flexibility index (Phi) is 6.89. The summed E-state index contributed by atoms with van der Waals surface area (Å²) in [5.41, 5.74) is 5.33. The summed E-state index contributed by atoms with van der Waals surface area (Å²) in [5, 5.41) is 7.35. The second kappa shape index (κ2) is 10.2. The fourth-order valence-corrected chi connectivity index (χ4v) is 4.13. The number of anilines is 4. The fourth-order valence-electron chi connectivity index (χ4n) is 3.16. The third-order valence-corrected chi connectivity index (χ3v) is 5.92. The molecule has 4 rings (SSSR count). The van der Waals surface area contributed by atoms with E-state index < -0.39 is 0 Å². The SMILES string of the molecule is CCOC(=O)Cc1sc(Nc2ccc(C)c(Nc3nccc(-c4cccnc4)n3)c2)nc1C. The number of ether oxygens (including phenoxy) is 1. The molecule has 33 heavy (non-hydrogen) atoms. The number of aromatic nitrogens is 4. The summed E-state index contributed by atoms with van der Waals surface area (Å²) in [6, 6.07) is 11.7. The second-order valence-electron chi connectivity index (χ2n) is 7.30. The third kappa shape index (κ3) is 5.69. The van der Waals surface area contributed by atoms with Crippen LogP contribution < -0.4 is 10.6 Å². The molecule has 3 heterocycles. The Hall–Kier alpha value is -3.85. The lowest BCUT2D eigenvalue weighted by molar-refractivity contribution is -0.142. The molecule has 0 spiro atoms. The van der Waals surface area contributed by atoms with Gasteiger partial charge >= 0.3 is 5.97 Å². The molecule has 3 aromatic heterocycles. The average Bonchev–Trinajstić information content (AvgIpc) is 3.15. The van der Waals surface area contributed by atoms with Crippen molar-refractivity contribution in [2.75, 3.05) is 17.2 Å². The number of hydrogen-bond acceptors (Lipinski definition) is 9. The Labute approximate surface area is 196 Å². The van der Waals surface area contributed by atoms with Crippen LogP contribution in [0.25, 0.3) is 11.3 Å². The molecular weight excluding hydrogens is 436 g/mol. The number of thiazole rings is 1. The van der Waals surface area contributed by atoms with Gasteiger partial charge in [-0.15, -0.1) is 11.3 Å². The number of pyridine rings is 1. The highest BCUT2D eigenvalue weighted by atomic mass is 32.1. The zero-order valence-electron chi connectivity index (χ0n) is 18.6. The predicted molar refractivity (Wildman–Crippen MR) is 130 cm³/mol. The van der Waals surface area contributed by atoms with Crippen molar-refractivity contribution in [3.8, 4) is 11.3 Å². The van der Waals surface area contributed by atoms with Crippen LogP contribution in [0.3, 0.4) is 0 Å². The highest BCUT2D eigenvalue weighted by molar-refractivity contribution is 7.15. The molecule has 168 valence electrons. The molecule has 0 unspecified atom stereocenters. The van der Waals surface area contributed by atoms with Gasteiger partial charge in [-0.1, -0.05) is 6.07 Å². The van der Waals surface area contributed by atoms with E-state index in [4.69, 9.17) is 4.74 Å². The smallest absolute Gasteiger partial charge is 0.311 e. The highest BCUT2D eigenvalue weighted by Crippen LogP contribution is 2.29. The number of carbonyl (C=O) groups excluding carboxylic acids is 1. The molecule has 0 bridgehead atoms. The minimum absolute atomic E-state index is 0.227. The second-order valence-corrected chi connectivity index (χ2v) is 8.38. The van der Waals surface area contributed by atoms with Gasteiger partial charge in [0.1, 0.15) is 0 Å². The molecule has 0 aliphatic rings. The molecule has 0 atom stereocenters. The van der Waals surface area contributed by atoms with Crippen molar-refractivity contribution in [2.45, 2.75) is 27.2 Å². The molecule has 2 N–H and O–H groups in total. The van der Waals surface area contributed by atoms with E-state index in [0.29, 0.717) is 12.6 Å². The molecule has 0 fully saturated rings. The van der Waals surface area contributed by atoms with Crippen LogP contribution in [0.4, 0.5) is 22.5 Å².